The molecule has 0 fully saturated rings. The first kappa shape index (κ1) is 16.6. The molecule has 0 saturated carbocycles. The van der Waals surface area contributed by atoms with E-state index in [1.165, 1.54) is 5.96 Å². The van der Waals surface area contributed by atoms with Gasteiger partial charge in [-0.15, -0.1) is 0 Å². The lowest BCUT2D eigenvalue weighted by molar-refractivity contribution is -0.475. The molecule has 0 spiro atoms. The monoisotopic (exact) mass is 239 g/mol. The number of hydrogen-bond donors (Lipinski definition) is 0. The Morgan fingerprint density at radius 1 is 1.07 bits per heavy atom. The molecule has 0 aromatic carbocycles. The summed E-state index contributed by atoms with van der Waals surface area (Å²) in [6, 6.07) is 0. The molecule has 0 unspecified atom stereocenters. The lowest BCUT2D eigenvalue weighted by atomic mass is 10.7. The molecule has 92 valence electrons. The fourth-order valence-electron chi connectivity index (χ4n) is 1.20. The van der Waals surface area contributed by atoms with E-state index in [-0.39, 0.29) is 0 Å². The summed E-state index contributed by atoms with van der Waals surface area (Å²) in [5.74, 6) is 1.19. The summed E-state index contributed by atoms with van der Waals surface area (Å²) < 4.78 is 29.3. The third-order valence-corrected chi connectivity index (χ3v) is 1.20. The van der Waals surface area contributed by atoms with Crippen molar-refractivity contribution in [2.24, 2.45) is 0 Å². The molecule has 0 aliphatic carbocycles. The van der Waals surface area contributed by atoms with Crippen LogP contribution in [0.15, 0.2) is 0 Å². The molecule has 0 amide bonds. The van der Waals surface area contributed by atoms with Crippen LogP contribution >= 0.6 is 0 Å². The van der Waals surface area contributed by atoms with Crippen LogP contribution in [0.2, 0.25) is 0 Å². The zero-order chi connectivity index (χ0) is 12.8. The molecule has 0 aliphatic rings. The van der Waals surface area contributed by atoms with Crippen molar-refractivity contribution in [3.8, 4) is 0 Å². The fourth-order valence-corrected chi connectivity index (χ4v) is 1.20. The summed E-state index contributed by atoms with van der Waals surface area (Å²) in [5.41, 5.74) is 0. The Kier molecular flexibility index (Phi) is 7.33. The second-order valence-electron chi connectivity index (χ2n) is 3.69. The van der Waals surface area contributed by atoms with E-state index in [1.54, 1.807) is 0 Å². The minimum Gasteiger partial charge on any atom is -0.748 e. The van der Waals surface area contributed by atoms with Gasteiger partial charge in [-0.1, -0.05) is 0 Å². The Balaban J connectivity index is 0. The van der Waals surface area contributed by atoms with E-state index in [9.17, 15) is 0 Å². The molecule has 0 radical (unpaired) electrons. The first-order valence-corrected chi connectivity index (χ1v) is 6.08. The zero-order valence-electron chi connectivity index (χ0n) is 10.5. The molecule has 0 N–H and O–H groups in total. The van der Waals surface area contributed by atoms with Crippen LogP contribution in [-0.4, -0.2) is 81.8 Å². The second-order valence-corrected chi connectivity index (χ2v) is 5.10. The Morgan fingerprint density at radius 2 is 1.27 bits per heavy atom. The van der Waals surface area contributed by atoms with Crippen molar-refractivity contribution in [3.63, 3.8) is 0 Å². The average Bonchev–Trinajstić information content (AvgIpc) is 1.77. The molecule has 0 atom stereocenters. The first-order valence-electron chi connectivity index (χ1n) is 4.26. The van der Waals surface area contributed by atoms with Gasteiger partial charge in [-0.2, -0.15) is 0 Å². The van der Waals surface area contributed by atoms with E-state index in [0.29, 0.717) is 6.26 Å². The minimum atomic E-state index is -3.92. The van der Waals surface area contributed by atoms with Gasteiger partial charge in [0.1, 0.15) is 0 Å². The van der Waals surface area contributed by atoms with Crippen LogP contribution < -0.4 is 0 Å². The van der Waals surface area contributed by atoms with Crippen molar-refractivity contribution in [2.75, 3.05) is 48.5 Å². The molecule has 0 bridgehead atoms. The molecule has 0 rings (SSSR count). The van der Waals surface area contributed by atoms with Crippen LogP contribution in [0, 0.1) is 0 Å². The van der Waals surface area contributed by atoms with E-state index < -0.39 is 10.1 Å². The normalized spacial score (nSPS) is 9.87. The van der Waals surface area contributed by atoms with Crippen LogP contribution in [0.1, 0.15) is 0 Å². The van der Waals surface area contributed by atoms with Crippen LogP contribution in [0.3, 0.4) is 0 Å². The highest BCUT2D eigenvalue weighted by Crippen LogP contribution is 1.84. The number of hydrogen-bond acceptors (Lipinski definition) is 3. The molecular formula is C8H21N3O3S. The fraction of sp³-hybridized carbons (Fsp3) is 0.875. The van der Waals surface area contributed by atoms with Crippen molar-refractivity contribution in [2.45, 2.75) is 0 Å². The summed E-state index contributed by atoms with van der Waals surface area (Å²) in [7, 11) is 8.31. The maximum absolute atomic E-state index is 9.08. The van der Waals surface area contributed by atoms with Gasteiger partial charge >= 0.3 is 5.96 Å². The molecule has 0 aromatic heterocycles. The summed E-state index contributed by atoms with van der Waals surface area (Å²) in [5, 5.41) is 0. The van der Waals surface area contributed by atoms with Crippen molar-refractivity contribution >= 4 is 16.1 Å². The third-order valence-electron chi connectivity index (χ3n) is 1.20. The molecule has 6 nitrogen and oxygen atoms in total. The summed E-state index contributed by atoms with van der Waals surface area (Å²) >= 11 is 0. The van der Waals surface area contributed by atoms with Gasteiger partial charge in [-0.05, 0) is 0 Å². The van der Waals surface area contributed by atoms with Crippen LogP contribution in [0.25, 0.3) is 0 Å². The number of rotatable bonds is 0. The summed E-state index contributed by atoms with van der Waals surface area (Å²) in [6.07, 6.45) is 0.604. The smallest absolute Gasteiger partial charge is 0.349 e. The molecule has 0 heterocycles. The standard InChI is InChI=1S/C7H18N3.CH4O3S/c1-8(2)7(9(3)4)10(5)6;1-5(2,3)4/h1-6H3;1H3,(H,2,3,4)/q+1;/p-1. The van der Waals surface area contributed by atoms with Gasteiger partial charge in [0.15, 0.2) is 0 Å². The molecule has 15 heavy (non-hydrogen) atoms. The maximum atomic E-state index is 9.08. The van der Waals surface area contributed by atoms with Crippen molar-refractivity contribution in [1.82, 2.24) is 9.80 Å². The van der Waals surface area contributed by atoms with Crippen molar-refractivity contribution < 1.29 is 17.5 Å². The van der Waals surface area contributed by atoms with Crippen LogP contribution in [0.5, 0.6) is 0 Å². The second kappa shape index (κ2) is 6.62. The predicted octanol–water partition coefficient (Wildman–Crippen LogP) is -1.10. The van der Waals surface area contributed by atoms with Gasteiger partial charge in [-0.3, -0.25) is 14.4 Å². The highest BCUT2D eigenvalue weighted by atomic mass is 32.2. The largest absolute Gasteiger partial charge is 0.748 e. The van der Waals surface area contributed by atoms with Crippen molar-refractivity contribution in [1.29, 1.82) is 0 Å². The minimum absolute atomic E-state index is 0.604. The van der Waals surface area contributed by atoms with E-state index in [2.05, 4.69) is 14.4 Å². The highest BCUT2D eigenvalue weighted by molar-refractivity contribution is 7.84. The lowest BCUT2D eigenvalue weighted by Crippen LogP contribution is -2.40. The van der Waals surface area contributed by atoms with Gasteiger partial charge in [0, 0.05) is 6.26 Å². The first-order chi connectivity index (χ1) is 6.46. The molecule has 0 aliphatic heterocycles. The lowest BCUT2D eigenvalue weighted by Gasteiger charge is -2.16. The quantitative estimate of drug-likeness (QED) is 0.232. The third kappa shape index (κ3) is 13.2. The zero-order valence-corrected chi connectivity index (χ0v) is 11.3. The van der Waals surface area contributed by atoms with E-state index in [1.807, 2.05) is 42.3 Å². The SMILES string of the molecule is CN(C)C(N(C)C)=[N+](C)C.CS(=O)(=O)[O-]. The van der Waals surface area contributed by atoms with E-state index >= 15 is 0 Å². The Morgan fingerprint density at radius 3 is 1.27 bits per heavy atom. The van der Waals surface area contributed by atoms with Gasteiger partial charge < -0.3 is 4.55 Å². The number of guanidine groups is 1. The predicted molar refractivity (Wildman–Crippen MR) is 60.1 cm³/mol. The number of nitrogens with zero attached hydrogens (tertiary/aromatic N) is 3. The molecular weight excluding hydrogens is 218 g/mol. The summed E-state index contributed by atoms with van der Waals surface area (Å²) in [4.78, 5) is 4.17. The topological polar surface area (TPSA) is 66.7 Å². The molecule has 7 heteroatoms. The van der Waals surface area contributed by atoms with Crippen LogP contribution in [0.4, 0.5) is 0 Å². The van der Waals surface area contributed by atoms with Crippen molar-refractivity contribution in [3.05, 3.63) is 0 Å². The Hall–Kier alpha value is -0.820. The van der Waals surface area contributed by atoms with Gasteiger partial charge in [0.05, 0.1) is 52.4 Å². The van der Waals surface area contributed by atoms with Gasteiger partial charge in [0.25, 0.3) is 0 Å². The highest BCUT2D eigenvalue weighted by Gasteiger charge is 2.12. The average molecular weight is 239 g/mol. The summed E-state index contributed by atoms with van der Waals surface area (Å²) in [6.45, 7) is 0. The Bertz CT molecular complexity index is 285. The Labute approximate surface area is 92.6 Å². The van der Waals surface area contributed by atoms with E-state index in [4.69, 9.17) is 13.0 Å². The molecule has 0 aromatic rings. The maximum Gasteiger partial charge on any atom is 0.349 e. The van der Waals surface area contributed by atoms with E-state index in [0.717, 1.165) is 0 Å². The van der Waals surface area contributed by atoms with Gasteiger partial charge in [0.2, 0.25) is 0 Å². The van der Waals surface area contributed by atoms with Crippen LogP contribution in [-0.2, 0) is 10.1 Å². The molecule has 0 saturated heterocycles. The van der Waals surface area contributed by atoms with Gasteiger partial charge in [-0.25, -0.2) is 8.42 Å².